The maximum atomic E-state index is 13.8. The topological polar surface area (TPSA) is 112 Å². The second-order valence-electron chi connectivity index (χ2n) is 9.58. The second kappa shape index (κ2) is 15.2. The molecule has 1 aromatic rings. The van der Waals surface area contributed by atoms with Gasteiger partial charge in [-0.25, -0.2) is 4.79 Å². The Morgan fingerprint density at radius 1 is 1.25 bits per heavy atom. The quantitative estimate of drug-likeness (QED) is 0.369. The Labute approximate surface area is 219 Å². The minimum Gasteiger partial charge on any atom is -0.444 e. The van der Waals surface area contributed by atoms with Gasteiger partial charge in [0, 0.05) is 6.04 Å². The standard InChI is InChI=1S/C27H40N4O4S/c1-8-11-19(3)29-24(32)23(21-13-10-12-20(9-2)18-21)31(16-15-28)25(33)22(14-17-36-7)30-26(34)35-27(4,5)6/h9-10,12-13,18-19,22-23H,2,8,11,14,16-17H2,1,3-7H3,(H,29,32)(H,30,34). The molecule has 1 rings (SSSR count). The summed E-state index contributed by atoms with van der Waals surface area (Å²) in [4.78, 5) is 41.1. The Kier molecular flexibility index (Phi) is 13.1. The largest absolute Gasteiger partial charge is 0.444 e. The van der Waals surface area contributed by atoms with E-state index in [1.807, 2.05) is 32.2 Å². The van der Waals surface area contributed by atoms with Crippen LogP contribution in [-0.2, 0) is 14.3 Å². The lowest BCUT2D eigenvalue weighted by molar-refractivity contribution is -0.142. The lowest BCUT2D eigenvalue weighted by Gasteiger charge is -2.33. The maximum absolute atomic E-state index is 13.8. The van der Waals surface area contributed by atoms with Crippen LogP contribution in [0.3, 0.4) is 0 Å². The number of nitrogens with one attached hydrogen (secondary N) is 2. The number of amides is 3. The summed E-state index contributed by atoms with van der Waals surface area (Å²) >= 11 is 1.52. The molecule has 1 aromatic carbocycles. The number of nitriles is 1. The fraction of sp³-hybridized carbons (Fsp3) is 0.556. The van der Waals surface area contributed by atoms with Gasteiger partial charge in [-0.1, -0.05) is 44.2 Å². The molecule has 9 heteroatoms. The molecule has 2 N–H and O–H groups in total. The fourth-order valence-corrected chi connectivity index (χ4v) is 4.14. The van der Waals surface area contributed by atoms with Crippen LogP contribution in [0.1, 0.15) is 71.0 Å². The Hall–Kier alpha value is -2.99. The molecule has 3 amide bonds. The number of alkyl carbamates (subject to hydrolysis) is 1. The fourth-order valence-electron chi connectivity index (χ4n) is 3.67. The van der Waals surface area contributed by atoms with Gasteiger partial charge in [-0.05, 0) is 69.7 Å². The molecule has 0 saturated carbocycles. The SMILES string of the molecule is C=Cc1cccc(C(C(=O)NC(C)CCC)N(CC#N)C(=O)C(CCSC)NC(=O)OC(C)(C)C)c1. The van der Waals surface area contributed by atoms with Gasteiger partial charge >= 0.3 is 6.09 Å². The maximum Gasteiger partial charge on any atom is 0.408 e. The predicted molar refractivity (Wildman–Crippen MR) is 145 cm³/mol. The van der Waals surface area contributed by atoms with Crippen LogP contribution in [0.2, 0.25) is 0 Å². The normalized spacial score (nSPS) is 13.5. The van der Waals surface area contributed by atoms with Crippen LogP contribution in [0.15, 0.2) is 30.8 Å². The van der Waals surface area contributed by atoms with Crippen LogP contribution in [0.5, 0.6) is 0 Å². The van der Waals surface area contributed by atoms with Crippen LogP contribution < -0.4 is 10.6 Å². The van der Waals surface area contributed by atoms with Gasteiger partial charge in [0.1, 0.15) is 24.2 Å². The van der Waals surface area contributed by atoms with Gasteiger partial charge in [-0.15, -0.1) is 0 Å². The smallest absolute Gasteiger partial charge is 0.408 e. The average molecular weight is 517 g/mol. The molecule has 3 atom stereocenters. The van der Waals surface area contributed by atoms with Crippen molar-refractivity contribution >= 4 is 35.7 Å². The summed E-state index contributed by atoms with van der Waals surface area (Å²) in [5.41, 5.74) is 0.590. The number of thioether (sulfide) groups is 1. The minimum atomic E-state index is -1.06. The Bertz CT molecular complexity index is 938. The van der Waals surface area contributed by atoms with E-state index in [0.717, 1.165) is 18.4 Å². The van der Waals surface area contributed by atoms with E-state index < -0.39 is 29.7 Å². The summed E-state index contributed by atoms with van der Waals surface area (Å²) in [7, 11) is 0. The van der Waals surface area contributed by atoms with E-state index in [4.69, 9.17) is 4.74 Å². The van der Waals surface area contributed by atoms with Crippen molar-refractivity contribution in [3.8, 4) is 6.07 Å². The number of hydrogen-bond acceptors (Lipinski definition) is 6. The van der Waals surface area contributed by atoms with Crippen molar-refractivity contribution in [2.45, 2.75) is 77.6 Å². The molecular weight excluding hydrogens is 476 g/mol. The molecule has 8 nitrogen and oxygen atoms in total. The molecule has 0 bridgehead atoms. The van der Waals surface area contributed by atoms with Crippen LogP contribution in [0.4, 0.5) is 4.79 Å². The van der Waals surface area contributed by atoms with E-state index in [1.54, 1.807) is 45.0 Å². The summed E-state index contributed by atoms with van der Waals surface area (Å²) in [6.07, 6.45) is 4.79. The second-order valence-corrected chi connectivity index (χ2v) is 10.6. The summed E-state index contributed by atoms with van der Waals surface area (Å²) in [6.45, 7) is 12.6. The monoisotopic (exact) mass is 516 g/mol. The van der Waals surface area contributed by atoms with Crippen LogP contribution in [0.25, 0.3) is 6.08 Å². The molecule has 0 aromatic heterocycles. The van der Waals surface area contributed by atoms with Crippen molar-refractivity contribution in [2.75, 3.05) is 18.6 Å². The van der Waals surface area contributed by atoms with Crippen LogP contribution in [-0.4, -0.2) is 59.0 Å². The lowest BCUT2D eigenvalue weighted by atomic mass is 9.99. The van der Waals surface area contributed by atoms with Crippen molar-refractivity contribution in [1.82, 2.24) is 15.5 Å². The average Bonchev–Trinajstić information content (AvgIpc) is 2.80. The Morgan fingerprint density at radius 2 is 1.94 bits per heavy atom. The molecular formula is C27H40N4O4S. The number of benzene rings is 1. The number of carbonyl (C=O) groups excluding carboxylic acids is 3. The van der Waals surface area contributed by atoms with E-state index in [9.17, 15) is 19.6 Å². The predicted octanol–water partition coefficient (Wildman–Crippen LogP) is 4.67. The number of ether oxygens (including phenoxy) is 1. The zero-order valence-corrected chi connectivity index (χ0v) is 23.1. The van der Waals surface area contributed by atoms with E-state index in [0.29, 0.717) is 17.7 Å². The summed E-state index contributed by atoms with van der Waals surface area (Å²) < 4.78 is 5.36. The molecule has 0 heterocycles. The highest BCUT2D eigenvalue weighted by Crippen LogP contribution is 2.25. The Morgan fingerprint density at radius 3 is 2.50 bits per heavy atom. The first-order valence-corrected chi connectivity index (χ1v) is 13.5. The molecule has 0 spiro atoms. The number of nitrogens with zero attached hydrogens (tertiary/aromatic N) is 2. The zero-order chi connectivity index (χ0) is 27.3. The summed E-state index contributed by atoms with van der Waals surface area (Å²) in [6, 6.07) is 7.02. The van der Waals surface area contributed by atoms with Crippen LogP contribution in [0, 0.1) is 11.3 Å². The van der Waals surface area contributed by atoms with Gasteiger partial charge in [0.2, 0.25) is 11.8 Å². The number of hydrogen-bond donors (Lipinski definition) is 2. The zero-order valence-electron chi connectivity index (χ0n) is 22.3. The molecule has 0 aliphatic carbocycles. The van der Waals surface area contributed by atoms with Gasteiger partial charge in [0.05, 0.1) is 6.07 Å². The molecule has 36 heavy (non-hydrogen) atoms. The van der Waals surface area contributed by atoms with E-state index in [2.05, 4.69) is 17.2 Å². The first kappa shape index (κ1) is 31.0. The van der Waals surface area contributed by atoms with E-state index >= 15 is 0 Å². The van der Waals surface area contributed by atoms with Gasteiger partial charge in [0.15, 0.2) is 0 Å². The van der Waals surface area contributed by atoms with Crippen molar-refractivity contribution in [1.29, 1.82) is 5.26 Å². The third-order valence-corrected chi connectivity index (χ3v) is 5.90. The van der Waals surface area contributed by atoms with Crippen molar-refractivity contribution in [3.63, 3.8) is 0 Å². The van der Waals surface area contributed by atoms with Gasteiger partial charge in [-0.3, -0.25) is 9.59 Å². The number of carbonyl (C=O) groups is 3. The number of rotatable bonds is 13. The molecule has 0 saturated heterocycles. The molecule has 0 radical (unpaired) electrons. The van der Waals surface area contributed by atoms with E-state index in [1.165, 1.54) is 16.7 Å². The highest BCUT2D eigenvalue weighted by molar-refractivity contribution is 7.98. The summed E-state index contributed by atoms with van der Waals surface area (Å²) in [5.74, 6) is -0.325. The van der Waals surface area contributed by atoms with Crippen molar-refractivity contribution in [2.24, 2.45) is 0 Å². The van der Waals surface area contributed by atoms with Crippen LogP contribution >= 0.6 is 11.8 Å². The highest BCUT2D eigenvalue weighted by atomic mass is 32.2. The van der Waals surface area contributed by atoms with Gasteiger partial charge in [-0.2, -0.15) is 17.0 Å². The van der Waals surface area contributed by atoms with Gasteiger partial charge in [0.25, 0.3) is 0 Å². The molecule has 0 aliphatic rings. The summed E-state index contributed by atoms with van der Waals surface area (Å²) in [5, 5.41) is 15.2. The Balaban J connectivity index is 3.46. The molecule has 3 unspecified atom stereocenters. The van der Waals surface area contributed by atoms with Crippen molar-refractivity contribution < 1.29 is 19.1 Å². The first-order chi connectivity index (χ1) is 17.0. The third kappa shape index (κ3) is 10.3. The van der Waals surface area contributed by atoms with Crippen molar-refractivity contribution in [3.05, 3.63) is 42.0 Å². The molecule has 0 aliphatic heterocycles. The molecule has 0 fully saturated rings. The third-order valence-electron chi connectivity index (χ3n) is 5.26. The lowest BCUT2D eigenvalue weighted by Crippen LogP contribution is -2.53. The highest BCUT2D eigenvalue weighted by Gasteiger charge is 2.36. The minimum absolute atomic E-state index is 0.112. The first-order valence-electron chi connectivity index (χ1n) is 12.2. The van der Waals surface area contributed by atoms with Gasteiger partial charge < -0.3 is 20.3 Å². The molecule has 198 valence electrons. The van der Waals surface area contributed by atoms with E-state index in [-0.39, 0.29) is 18.5 Å².